The number of para-hydroxylation sites is 1. The first-order chi connectivity index (χ1) is 9.95. The van der Waals surface area contributed by atoms with Gasteiger partial charge in [-0.15, -0.1) is 0 Å². The van der Waals surface area contributed by atoms with Crippen molar-refractivity contribution in [2.45, 2.75) is 6.18 Å². The lowest BCUT2D eigenvalue weighted by atomic mass is 10.1. The fourth-order valence-electron chi connectivity index (χ4n) is 2.09. The molecule has 1 heterocycles. The molecule has 5 heteroatoms. The maximum Gasteiger partial charge on any atom is 0.416 e. The van der Waals surface area contributed by atoms with Gasteiger partial charge in [-0.3, -0.25) is 4.79 Å². The van der Waals surface area contributed by atoms with Crippen molar-refractivity contribution in [1.82, 2.24) is 0 Å². The molecule has 0 saturated carbocycles. The Bertz CT molecular complexity index is 863. The zero-order valence-corrected chi connectivity index (χ0v) is 10.6. The van der Waals surface area contributed by atoms with Crippen LogP contribution in [0.15, 0.2) is 63.8 Å². The van der Waals surface area contributed by atoms with Gasteiger partial charge in [0.2, 0.25) is 0 Å². The van der Waals surface area contributed by atoms with E-state index in [4.69, 9.17) is 4.42 Å². The third-order valence-electron chi connectivity index (χ3n) is 3.11. The maximum absolute atomic E-state index is 12.7. The molecule has 2 nitrogen and oxygen atoms in total. The molecule has 0 unspecified atom stereocenters. The second-order valence-corrected chi connectivity index (χ2v) is 4.55. The van der Waals surface area contributed by atoms with E-state index in [9.17, 15) is 18.0 Å². The van der Waals surface area contributed by atoms with Crippen LogP contribution in [0, 0.1) is 0 Å². The Morgan fingerprint density at radius 2 is 1.67 bits per heavy atom. The summed E-state index contributed by atoms with van der Waals surface area (Å²) in [5.41, 5.74) is -0.509. The third kappa shape index (κ3) is 2.54. The minimum atomic E-state index is -4.44. The van der Waals surface area contributed by atoms with Gasteiger partial charge in [-0.2, -0.15) is 13.2 Å². The summed E-state index contributed by atoms with van der Waals surface area (Å²) in [4.78, 5) is 12.0. The van der Waals surface area contributed by atoms with Gasteiger partial charge in [-0.1, -0.05) is 24.3 Å². The molecule has 0 fully saturated rings. The number of halogens is 3. The van der Waals surface area contributed by atoms with Crippen molar-refractivity contribution in [2.24, 2.45) is 0 Å². The number of hydrogen-bond donors (Lipinski definition) is 0. The molecule has 2 aromatic carbocycles. The standard InChI is InChI=1S/C16H9F3O2/c17-16(18,19)11-5-3-4-10(8-11)15-9-13(20)12-6-1-2-7-14(12)21-15/h1-9H. The Kier molecular flexibility index (Phi) is 3.05. The van der Waals surface area contributed by atoms with E-state index in [2.05, 4.69) is 0 Å². The molecule has 1 aromatic heterocycles. The van der Waals surface area contributed by atoms with Gasteiger partial charge in [0.05, 0.1) is 10.9 Å². The summed E-state index contributed by atoms with van der Waals surface area (Å²) in [5.74, 6) is 0.116. The molecule has 0 spiro atoms. The summed E-state index contributed by atoms with van der Waals surface area (Å²) in [6.07, 6.45) is -4.44. The molecule has 0 bridgehead atoms. The van der Waals surface area contributed by atoms with Gasteiger partial charge in [0.25, 0.3) is 0 Å². The fourth-order valence-corrected chi connectivity index (χ4v) is 2.09. The number of benzene rings is 2. The van der Waals surface area contributed by atoms with Crippen LogP contribution in [-0.2, 0) is 6.18 Å². The van der Waals surface area contributed by atoms with Crippen molar-refractivity contribution in [3.05, 3.63) is 70.4 Å². The predicted molar refractivity (Wildman–Crippen MR) is 72.9 cm³/mol. The van der Waals surface area contributed by atoms with Crippen LogP contribution in [0.3, 0.4) is 0 Å². The monoisotopic (exact) mass is 290 g/mol. The average molecular weight is 290 g/mol. The molecule has 0 aliphatic heterocycles. The Labute approximate surface area is 117 Å². The van der Waals surface area contributed by atoms with E-state index >= 15 is 0 Å². The maximum atomic E-state index is 12.7. The van der Waals surface area contributed by atoms with E-state index in [1.807, 2.05) is 0 Å². The third-order valence-corrected chi connectivity index (χ3v) is 3.11. The minimum Gasteiger partial charge on any atom is -0.456 e. The predicted octanol–water partition coefficient (Wildman–Crippen LogP) is 4.48. The molecule has 0 amide bonds. The molecular formula is C16H9F3O2. The van der Waals surface area contributed by atoms with Gasteiger partial charge in [-0.05, 0) is 24.3 Å². The lowest BCUT2D eigenvalue weighted by Gasteiger charge is -2.08. The van der Waals surface area contributed by atoms with Crippen LogP contribution in [0.4, 0.5) is 13.2 Å². The minimum absolute atomic E-state index is 0.116. The Morgan fingerprint density at radius 3 is 2.43 bits per heavy atom. The molecule has 3 rings (SSSR count). The molecule has 0 aliphatic carbocycles. The number of hydrogen-bond acceptors (Lipinski definition) is 2. The lowest BCUT2D eigenvalue weighted by molar-refractivity contribution is -0.137. The molecular weight excluding hydrogens is 281 g/mol. The van der Waals surface area contributed by atoms with E-state index in [-0.39, 0.29) is 16.8 Å². The van der Waals surface area contributed by atoms with Crippen molar-refractivity contribution < 1.29 is 17.6 Å². The normalized spacial score (nSPS) is 11.8. The van der Waals surface area contributed by atoms with E-state index in [0.29, 0.717) is 11.0 Å². The Balaban J connectivity index is 2.19. The van der Waals surface area contributed by atoms with Crippen LogP contribution < -0.4 is 5.43 Å². The first-order valence-electron chi connectivity index (χ1n) is 6.16. The average Bonchev–Trinajstić information content (AvgIpc) is 2.46. The fraction of sp³-hybridized carbons (Fsp3) is 0.0625. The highest BCUT2D eigenvalue weighted by atomic mass is 19.4. The molecule has 0 N–H and O–H groups in total. The second-order valence-electron chi connectivity index (χ2n) is 4.55. The molecule has 3 aromatic rings. The Hall–Kier alpha value is -2.56. The van der Waals surface area contributed by atoms with Crippen LogP contribution in [0.2, 0.25) is 0 Å². The smallest absolute Gasteiger partial charge is 0.416 e. The van der Waals surface area contributed by atoms with E-state index in [0.717, 1.165) is 12.1 Å². The van der Waals surface area contributed by atoms with E-state index < -0.39 is 11.7 Å². The summed E-state index contributed by atoms with van der Waals surface area (Å²) in [7, 11) is 0. The van der Waals surface area contributed by atoms with Gasteiger partial charge in [0, 0.05) is 11.6 Å². The zero-order chi connectivity index (χ0) is 15.0. The zero-order valence-electron chi connectivity index (χ0n) is 10.6. The van der Waals surface area contributed by atoms with Crippen LogP contribution >= 0.6 is 0 Å². The molecule has 21 heavy (non-hydrogen) atoms. The van der Waals surface area contributed by atoms with Crippen LogP contribution in [0.5, 0.6) is 0 Å². The summed E-state index contributed by atoms with van der Waals surface area (Å²) in [6, 6.07) is 12.5. The topological polar surface area (TPSA) is 30.2 Å². The Morgan fingerprint density at radius 1 is 0.905 bits per heavy atom. The summed E-state index contributed by atoms with van der Waals surface area (Å²) >= 11 is 0. The van der Waals surface area contributed by atoms with Crippen molar-refractivity contribution in [3.8, 4) is 11.3 Å². The highest BCUT2D eigenvalue weighted by Gasteiger charge is 2.30. The van der Waals surface area contributed by atoms with Gasteiger partial charge in [0.1, 0.15) is 11.3 Å². The highest BCUT2D eigenvalue weighted by Crippen LogP contribution is 2.32. The van der Waals surface area contributed by atoms with E-state index in [1.54, 1.807) is 24.3 Å². The largest absolute Gasteiger partial charge is 0.456 e. The van der Waals surface area contributed by atoms with Gasteiger partial charge in [-0.25, -0.2) is 0 Å². The molecule has 0 atom stereocenters. The molecule has 0 aliphatic rings. The van der Waals surface area contributed by atoms with Crippen molar-refractivity contribution >= 4 is 11.0 Å². The van der Waals surface area contributed by atoms with Crippen molar-refractivity contribution in [1.29, 1.82) is 0 Å². The van der Waals surface area contributed by atoms with Crippen molar-refractivity contribution in [2.75, 3.05) is 0 Å². The quantitative estimate of drug-likeness (QED) is 0.661. The van der Waals surface area contributed by atoms with Crippen molar-refractivity contribution in [3.63, 3.8) is 0 Å². The highest BCUT2D eigenvalue weighted by molar-refractivity contribution is 5.78. The SMILES string of the molecule is O=c1cc(-c2cccc(C(F)(F)F)c2)oc2ccccc12. The first-order valence-corrected chi connectivity index (χ1v) is 6.16. The molecule has 0 saturated heterocycles. The van der Waals surface area contributed by atoms with Gasteiger partial charge >= 0.3 is 6.18 Å². The molecule has 0 radical (unpaired) electrons. The lowest BCUT2D eigenvalue weighted by Crippen LogP contribution is -2.05. The van der Waals surface area contributed by atoms with Crippen LogP contribution in [0.25, 0.3) is 22.3 Å². The summed E-state index contributed by atoms with van der Waals surface area (Å²) in [6.45, 7) is 0. The number of alkyl halides is 3. The van der Waals surface area contributed by atoms with E-state index in [1.165, 1.54) is 18.2 Å². The van der Waals surface area contributed by atoms with Crippen LogP contribution in [-0.4, -0.2) is 0 Å². The summed E-state index contributed by atoms with van der Waals surface area (Å²) in [5, 5.41) is 0.397. The van der Waals surface area contributed by atoms with Crippen LogP contribution in [0.1, 0.15) is 5.56 Å². The number of fused-ring (bicyclic) bond motifs is 1. The van der Waals surface area contributed by atoms with Gasteiger partial charge < -0.3 is 4.42 Å². The van der Waals surface area contributed by atoms with Gasteiger partial charge in [0.15, 0.2) is 5.43 Å². The first kappa shape index (κ1) is 13.4. The second kappa shape index (κ2) is 4.77. The number of rotatable bonds is 1. The summed E-state index contributed by atoms with van der Waals surface area (Å²) < 4.78 is 43.7. The molecule has 106 valence electrons.